The average Bonchev–Trinajstić information content (AvgIpc) is 2.79. The third-order valence-electron chi connectivity index (χ3n) is 3.43. The molecule has 0 spiro atoms. The molecule has 1 unspecified atom stereocenters. The van der Waals surface area contributed by atoms with Crippen LogP contribution < -0.4 is 0 Å². The third kappa shape index (κ3) is 2.88. The monoisotopic (exact) mass is 252 g/mol. The van der Waals surface area contributed by atoms with Crippen molar-refractivity contribution in [3.05, 3.63) is 18.0 Å². The van der Waals surface area contributed by atoms with Gasteiger partial charge in [0, 0.05) is 44.5 Å². The van der Waals surface area contributed by atoms with Crippen LogP contribution in [0, 0.1) is 0 Å². The van der Waals surface area contributed by atoms with Crippen molar-refractivity contribution >= 4 is 5.97 Å². The topological polar surface area (TPSA) is 61.6 Å². The first kappa shape index (κ1) is 13.0. The first-order valence-corrected chi connectivity index (χ1v) is 6.27. The molecule has 1 atom stereocenters. The number of aromatic nitrogens is 2. The number of hydrogen-bond acceptors (Lipinski definition) is 4. The standard InChI is InChI=1S/C12H20N4O2/c1-3-16-8-10(6-13-16)7-15-5-4-14(2)11(9-15)12(17)18/h6,8,11H,3-5,7,9H2,1-2H3,(H,17,18). The summed E-state index contributed by atoms with van der Waals surface area (Å²) in [6.07, 6.45) is 3.88. The molecule has 2 rings (SSSR count). The van der Waals surface area contributed by atoms with Crippen molar-refractivity contribution in [2.75, 3.05) is 26.7 Å². The van der Waals surface area contributed by atoms with E-state index in [1.54, 1.807) is 0 Å². The number of carbonyl (C=O) groups is 1. The number of aryl methyl sites for hydroxylation is 1. The number of hydrogen-bond donors (Lipinski definition) is 1. The van der Waals surface area contributed by atoms with E-state index in [0.29, 0.717) is 6.54 Å². The smallest absolute Gasteiger partial charge is 0.322 e. The lowest BCUT2D eigenvalue weighted by atomic mass is 10.1. The Hall–Kier alpha value is -1.40. The first-order valence-electron chi connectivity index (χ1n) is 6.27. The lowest BCUT2D eigenvalue weighted by Crippen LogP contribution is -2.54. The van der Waals surface area contributed by atoms with E-state index in [9.17, 15) is 4.79 Å². The molecular weight excluding hydrogens is 232 g/mol. The van der Waals surface area contributed by atoms with Crippen LogP contribution in [0.15, 0.2) is 12.4 Å². The summed E-state index contributed by atoms with van der Waals surface area (Å²) >= 11 is 0. The number of likely N-dealkylation sites (N-methyl/N-ethyl adjacent to an activating group) is 1. The van der Waals surface area contributed by atoms with Gasteiger partial charge in [-0.1, -0.05) is 0 Å². The molecule has 0 aromatic carbocycles. The van der Waals surface area contributed by atoms with Crippen molar-refractivity contribution in [3.63, 3.8) is 0 Å². The molecule has 0 saturated carbocycles. The van der Waals surface area contributed by atoms with Gasteiger partial charge in [-0.25, -0.2) is 0 Å². The maximum absolute atomic E-state index is 11.1. The van der Waals surface area contributed by atoms with Crippen molar-refractivity contribution in [1.82, 2.24) is 19.6 Å². The van der Waals surface area contributed by atoms with Crippen molar-refractivity contribution in [2.24, 2.45) is 0 Å². The molecule has 2 heterocycles. The Morgan fingerprint density at radius 2 is 2.33 bits per heavy atom. The van der Waals surface area contributed by atoms with Gasteiger partial charge in [0.15, 0.2) is 0 Å². The van der Waals surface area contributed by atoms with E-state index in [4.69, 9.17) is 5.11 Å². The fourth-order valence-electron chi connectivity index (χ4n) is 2.26. The Labute approximate surface area is 107 Å². The minimum Gasteiger partial charge on any atom is -0.480 e. The van der Waals surface area contributed by atoms with Crippen LogP contribution in [-0.4, -0.2) is 63.4 Å². The molecule has 1 fully saturated rings. The molecule has 0 radical (unpaired) electrons. The fourth-order valence-corrected chi connectivity index (χ4v) is 2.26. The van der Waals surface area contributed by atoms with E-state index >= 15 is 0 Å². The molecule has 100 valence electrons. The van der Waals surface area contributed by atoms with Crippen LogP contribution in [-0.2, 0) is 17.9 Å². The summed E-state index contributed by atoms with van der Waals surface area (Å²) in [5.41, 5.74) is 1.14. The molecule has 1 N–H and O–H groups in total. The molecule has 1 aromatic rings. The zero-order valence-corrected chi connectivity index (χ0v) is 10.9. The van der Waals surface area contributed by atoms with Gasteiger partial charge in [0.25, 0.3) is 0 Å². The van der Waals surface area contributed by atoms with Gasteiger partial charge in [-0.15, -0.1) is 0 Å². The molecule has 18 heavy (non-hydrogen) atoms. The van der Waals surface area contributed by atoms with Crippen molar-refractivity contribution in [3.8, 4) is 0 Å². The van der Waals surface area contributed by atoms with Crippen molar-refractivity contribution in [1.29, 1.82) is 0 Å². The fraction of sp³-hybridized carbons (Fsp3) is 0.667. The van der Waals surface area contributed by atoms with E-state index in [-0.39, 0.29) is 0 Å². The summed E-state index contributed by atoms with van der Waals surface area (Å²) in [6.45, 7) is 5.95. The number of carboxylic acid groups (broad SMARTS) is 1. The normalized spacial score (nSPS) is 22.2. The lowest BCUT2D eigenvalue weighted by Gasteiger charge is -2.36. The summed E-state index contributed by atoms with van der Waals surface area (Å²) in [5, 5.41) is 13.4. The Morgan fingerprint density at radius 3 is 2.94 bits per heavy atom. The van der Waals surface area contributed by atoms with Crippen LogP contribution in [0.1, 0.15) is 12.5 Å². The largest absolute Gasteiger partial charge is 0.480 e. The third-order valence-corrected chi connectivity index (χ3v) is 3.43. The number of carboxylic acids is 1. The average molecular weight is 252 g/mol. The van der Waals surface area contributed by atoms with Crippen LogP contribution >= 0.6 is 0 Å². The van der Waals surface area contributed by atoms with E-state index in [2.05, 4.69) is 10.00 Å². The van der Waals surface area contributed by atoms with E-state index in [0.717, 1.165) is 31.7 Å². The van der Waals surface area contributed by atoms with Gasteiger partial charge in [-0.2, -0.15) is 5.10 Å². The maximum atomic E-state index is 11.1. The lowest BCUT2D eigenvalue weighted by molar-refractivity contribution is -0.145. The molecule has 0 aliphatic carbocycles. The quantitative estimate of drug-likeness (QED) is 0.823. The second kappa shape index (κ2) is 5.49. The molecule has 0 amide bonds. The van der Waals surface area contributed by atoms with Crippen LogP contribution in [0.2, 0.25) is 0 Å². The second-order valence-corrected chi connectivity index (χ2v) is 4.77. The Morgan fingerprint density at radius 1 is 1.56 bits per heavy atom. The number of rotatable bonds is 4. The zero-order chi connectivity index (χ0) is 13.1. The first-order chi connectivity index (χ1) is 8.60. The molecule has 6 heteroatoms. The van der Waals surface area contributed by atoms with Crippen LogP contribution in [0.25, 0.3) is 0 Å². The molecule has 1 aliphatic rings. The molecule has 6 nitrogen and oxygen atoms in total. The summed E-state index contributed by atoms with van der Waals surface area (Å²) in [4.78, 5) is 15.2. The van der Waals surface area contributed by atoms with E-state index in [1.165, 1.54) is 0 Å². The molecule has 1 saturated heterocycles. The maximum Gasteiger partial charge on any atom is 0.322 e. The van der Waals surface area contributed by atoms with Gasteiger partial charge in [-0.3, -0.25) is 19.3 Å². The summed E-state index contributed by atoms with van der Waals surface area (Å²) in [7, 11) is 1.87. The van der Waals surface area contributed by atoms with Crippen LogP contribution in [0.3, 0.4) is 0 Å². The Bertz CT molecular complexity index is 418. The van der Waals surface area contributed by atoms with Gasteiger partial charge in [0.2, 0.25) is 0 Å². The summed E-state index contributed by atoms with van der Waals surface area (Å²) < 4.78 is 1.89. The SMILES string of the molecule is CCn1cc(CN2CCN(C)C(C(=O)O)C2)cn1. The minimum absolute atomic E-state index is 0.403. The predicted octanol–water partition coefficient (Wildman–Crippen LogP) is 0.104. The van der Waals surface area contributed by atoms with Gasteiger partial charge in [-0.05, 0) is 14.0 Å². The molecule has 0 bridgehead atoms. The van der Waals surface area contributed by atoms with Gasteiger partial charge >= 0.3 is 5.97 Å². The predicted molar refractivity (Wildman–Crippen MR) is 67.2 cm³/mol. The van der Waals surface area contributed by atoms with Crippen molar-refractivity contribution in [2.45, 2.75) is 26.1 Å². The van der Waals surface area contributed by atoms with Gasteiger partial charge in [0.05, 0.1) is 6.20 Å². The Balaban J connectivity index is 1.95. The van der Waals surface area contributed by atoms with Crippen molar-refractivity contribution < 1.29 is 9.90 Å². The highest BCUT2D eigenvalue weighted by Gasteiger charge is 2.29. The zero-order valence-electron chi connectivity index (χ0n) is 10.9. The Kier molecular flexibility index (Phi) is 3.98. The molecule has 1 aromatic heterocycles. The van der Waals surface area contributed by atoms with Crippen LogP contribution in [0.4, 0.5) is 0 Å². The van der Waals surface area contributed by atoms with E-state index < -0.39 is 12.0 Å². The summed E-state index contributed by atoms with van der Waals surface area (Å²) in [6, 6.07) is -0.403. The summed E-state index contributed by atoms with van der Waals surface area (Å²) in [5.74, 6) is -0.744. The van der Waals surface area contributed by atoms with Crippen LogP contribution in [0.5, 0.6) is 0 Å². The number of nitrogens with zero attached hydrogens (tertiary/aromatic N) is 4. The molecular formula is C12H20N4O2. The number of piperazine rings is 1. The van der Waals surface area contributed by atoms with Gasteiger partial charge in [0.1, 0.15) is 6.04 Å². The van der Waals surface area contributed by atoms with E-state index in [1.807, 2.05) is 35.9 Å². The molecule has 1 aliphatic heterocycles. The highest BCUT2D eigenvalue weighted by molar-refractivity contribution is 5.73. The highest BCUT2D eigenvalue weighted by atomic mass is 16.4. The van der Waals surface area contributed by atoms with Gasteiger partial charge < -0.3 is 5.11 Å². The number of aliphatic carboxylic acids is 1. The highest BCUT2D eigenvalue weighted by Crippen LogP contribution is 2.11. The minimum atomic E-state index is -0.744. The second-order valence-electron chi connectivity index (χ2n) is 4.77.